The summed E-state index contributed by atoms with van der Waals surface area (Å²) >= 11 is 1.78. The van der Waals surface area contributed by atoms with E-state index in [-0.39, 0.29) is 5.91 Å². The Labute approximate surface area is 134 Å². The Balaban J connectivity index is 1.64. The number of carbonyl (C=O) groups is 1. The Morgan fingerprint density at radius 1 is 1.18 bits per heavy atom. The van der Waals surface area contributed by atoms with Crippen molar-refractivity contribution < 1.29 is 4.79 Å². The molecule has 0 spiro atoms. The number of amides is 1. The minimum Gasteiger partial charge on any atom is -0.343 e. The van der Waals surface area contributed by atoms with E-state index < -0.39 is 0 Å². The summed E-state index contributed by atoms with van der Waals surface area (Å²) in [5.74, 6) is 0.221. The molecule has 4 nitrogen and oxygen atoms in total. The molecule has 0 unspecified atom stereocenters. The lowest BCUT2D eigenvalue weighted by molar-refractivity contribution is -0.129. The smallest absolute Gasteiger partial charge is 0.219 e. The van der Waals surface area contributed by atoms with Gasteiger partial charge in [0.25, 0.3) is 0 Å². The number of thiazole rings is 1. The van der Waals surface area contributed by atoms with Crippen LogP contribution in [0.1, 0.15) is 32.6 Å². The number of rotatable bonds is 2. The van der Waals surface area contributed by atoms with Gasteiger partial charge in [-0.05, 0) is 37.8 Å². The van der Waals surface area contributed by atoms with Gasteiger partial charge in [-0.25, -0.2) is 4.98 Å². The molecule has 0 aliphatic carbocycles. The molecule has 0 bridgehead atoms. The van der Waals surface area contributed by atoms with Crippen molar-refractivity contribution in [1.82, 2.24) is 9.88 Å². The maximum absolute atomic E-state index is 11.9. The fraction of sp³-hybridized carbons (Fsp3) is 0.529. The van der Waals surface area contributed by atoms with Crippen molar-refractivity contribution >= 4 is 32.6 Å². The average Bonchev–Trinajstić information content (AvgIpc) is 3.24. The molecule has 4 rings (SSSR count). The molecule has 2 aliphatic rings. The first-order valence-electron chi connectivity index (χ1n) is 8.13. The van der Waals surface area contributed by atoms with Crippen molar-refractivity contribution in [3.05, 3.63) is 24.3 Å². The maximum Gasteiger partial charge on any atom is 0.219 e. The first kappa shape index (κ1) is 14.0. The third-order valence-electron chi connectivity index (χ3n) is 4.98. The van der Waals surface area contributed by atoms with Gasteiger partial charge in [-0.2, -0.15) is 0 Å². The maximum atomic E-state index is 11.9. The summed E-state index contributed by atoms with van der Waals surface area (Å²) < 4.78 is 1.25. The molecule has 22 heavy (non-hydrogen) atoms. The number of nitrogens with zero attached hydrogens (tertiary/aromatic N) is 3. The lowest BCUT2D eigenvalue weighted by atomic mass is 10.0. The highest BCUT2D eigenvalue weighted by molar-refractivity contribution is 7.22. The van der Waals surface area contributed by atoms with Gasteiger partial charge >= 0.3 is 0 Å². The number of likely N-dealkylation sites (tertiary alicyclic amines) is 1. The predicted molar refractivity (Wildman–Crippen MR) is 90.4 cm³/mol. The molecular weight excluding hydrogens is 294 g/mol. The topological polar surface area (TPSA) is 36.4 Å². The summed E-state index contributed by atoms with van der Waals surface area (Å²) in [6.07, 6.45) is 4.63. The minimum atomic E-state index is 0.221. The summed E-state index contributed by atoms with van der Waals surface area (Å²) in [6, 6.07) is 9.14. The van der Waals surface area contributed by atoms with Gasteiger partial charge in [-0.15, -0.1) is 0 Å². The van der Waals surface area contributed by atoms with E-state index >= 15 is 0 Å². The van der Waals surface area contributed by atoms with Crippen molar-refractivity contribution in [3.63, 3.8) is 0 Å². The molecule has 2 saturated heterocycles. The SMILES string of the molecule is CC(=O)N1CCC[C@H]1[C@H]1CCCN1c1nc2ccccc2s1. The van der Waals surface area contributed by atoms with Gasteiger partial charge in [-0.1, -0.05) is 23.5 Å². The van der Waals surface area contributed by atoms with E-state index in [0.717, 1.165) is 36.6 Å². The van der Waals surface area contributed by atoms with E-state index in [2.05, 4.69) is 28.0 Å². The van der Waals surface area contributed by atoms with Crippen LogP contribution in [0.5, 0.6) is 0 Å². The van der Waals surface area contributed by atoms with E-state index in [1.54, 1.807) is 18.3 Å². The van der Waals surface area contributed by atoms with Crippen LogP contribution >= 0.6 is 11.3 Å². The van der Waals surface area contributed by atoms with Crippen LogP contribution < -0.4 is 4.90 Å². The lowest BCUT2D eigenvalue weighted by Crippen LogP contribution is -2.47. The summed E-state index contributed by atoms with van der Waals surface area (Å²) in [6.45, 7) is 3.69. The first-order valence-corrected chi connectivity index (χ1v) is 8.95. The van der Waals surface area contributed by atoms with Crippen LogP contribution in [0.2, 0.25) is 0 Å². The highest BCUT2D eigenvalue weighted by Crippen LogP contribution is 2.37. The number of fused-ring (bicyclic) bond motifs is 1. The van der Waals surface area contributed by atoms with Crippen molar-refractivity contribution in [2.24, 2.45) is 0 Å². The van der Waals surface area contributed by atoms with Crippen molar-refractivity contribution in [2.45, 2.75) is 44.7 Å². The number of carbonyl (C=O) groups excluding carboxylic acids is 1. The number of benzene rings is 1. The molecule has 5 heteroatoms. The van der Waals surface area contributed by atoms with E-state index in [4.69, 9.17) is 4.98 Å². The van der Waals surface area contributed by atoms with Gasteiger partial charge < -0.3 is 9.80 Å². The summed E-state index contributed by atoms with van der Waals surface area (Å²) in [5, 5.41) is 1.12. The molecule has 1 aromatic carbocycles. The number of aromatic nitrogens is 1. The fourth-order valence-corrected chi connectivity index (χ4v) is 5.05. The Hall–Kier alpha value is -1.62. The first-order chi connectivity index (χ1) is 10.7. The molecule has 1 aromatic heterocycles. The van der Waals surface area contributed by atoms with Gasteiger partial charge in [0.2, 0.25) is 5.91 Å². The van der Waals surface area contributed by atoms with Crippen molar-refractivity contribution in [1.29, 1.82) is 0 Å². The molecular formula is C17H21N3OS. The molecule has 116 valence electrons. The van der Waals surface area contributed by atoms with E-state index in [9.17, 15) is 4.79 Å². The summed E-state index contributed by atoms with van der Waals surface area (Å²) in [7, 11) is 0. The lowest BCUT2D eigenvalue weighted by Gasteiger charge is -2.34. The molecule has 2 atom stereocenters. The number of hydrogen-bond acceptors (Lipinski definition) is 4. The Kier molecular flexibility index (Phi) is 3.53. The van der Waals surface area contributed by atoms with Crippen LogP contribution in [0.15, 0.2) is 24.3 Å². The Morgan fingerprint density at radius 3 is 2.77 bits per heavy atom. The zero-order valence-electron chi connectivity index (χ0n) is 12.9. The predicted octanol–water partition coefficient (Wildman–Crippen LogP) is 3.28. The van der Waals surface area contributed by atoms with Gasteiger partial charge in [0.05, 0.1) is 22.3 Å². The standard InChI is InChI=1S/C17H21N3OS/c1-12(21)19-10-4-7-14(19)15-8-5-11-20(15)17-18-13-6-2-3-9-16(13)22-17/h2-3,6,9,14-15H,4-5,7-8,10-11H2,1H3/t14-,15+/m0/s1. The summed E-state index contributed by atoms with van der Waals surface area (Å²) in [4.78, 5) is 21.3. The van der Waals surface area contributed by atoms with Crippen LogP contribution in [0.3, 0.4) is 0 Å². The minimum absolute atomic E-state index is 0.221. The van der Waals surface area contributed by atoms with Crippen molar-refractivity contribution in [3.8, 4) is 0 Å². The average molecular weight is 315 g/mol. The number of anilines is 1. The third kappa shape index (κ3) is 2.28. The third-order valence-corrected chi connectivity index (χ3v) is 6.05. The van der Waals surface area contributed by atoms with E-state index in [0.29, 0.717) is 12.1 Å². The molecule has 0 N–H and O–H groups in total. The largest absolute Gasteiger partial charge is 0.343 e. The molecule has 0 saturated carbocycles. The monoisotopic (exact) mass is 315 g/mol. The number of hydrogen-bond donors (Lipinski definition) is 0. The van der Waals surface area contributed by atoms with Gasteiger partial charge in [0.15, 0.2) is 5.13 Å². The second kappa shape index (κ2) is 5.54. The molecule has 2 fully saturated rings. The molecule has 2 aromatic rings. The zero-order chi connectivity index (χ0) is 15.1. The van der Waals surface area contributed by atoms with Crippen molar-refractivity contribution in [2.75, 3.05) is 18.0 Å². The second-order valence-electron chi connectivity index (χ2n) is 6.29. The number of para-hydroxylation sites is 1. The molecule has 2 aliphatic heterocycles. The quantitative estimate of drug-likeness (QED) is 0.853. The van der Waals surface area contributed by atoms with Crippen LogP contribution in [0.25, 0.3) is 10.2 Å². The second-order valence-corrected chi connectivity index (χ2v) is 7.30. The molecule has 0 radical (unpaired) electrons. The summed E-state index contributed by atoms with van der Waals surface area (Å²) in [5.41, 5.74) is 1.09. The van der Waals surface area contributed by atoms with Crippen LogP contribution in [0, 0.1) is 0 Å². The van der Waals surface area contributed by atoms with Gasteiger partial charge in [0, 0.05) is 20.0 Å². The normalized spacial score (nSPS) is 25.3. The Bertz CT molecular complexity index is 665. The Morgan fingerprint density at radius 2 is 1.95 bits per heavy atom. The zero-order valence-corrected chi connectivity index (χ0v) is 13.7. The van der Waals surface area contributed by atoms with Crippen LogP contribution in [-0.4, -0.2) is 41.0 Å². The van der Waals surface area contributed by atoms with E-state index in [1.165, 1.54) is 17.5 Å². The highest BCUT2D eigenvalue weighted by Gasteiger charge is 2.39. The fourth-order valence-electron chi connectivity index (χ4n) is 4.00. The molecule has 1 amide bonds. The van der Waals surface area contributed by atoms with E-state index in [1.807, 2.05) is 6.07 Å². The van der Waals surface area contributed by atoms with Gasteiger partial charge in [0.1, 0.15) is 0 Å². The van der Waals surface area contributed by atoms with Crippen LogP contribution in [-0.2, 0) is 4.79 Å². The highest BCUT2D eigenvalue weighted by atomic mass is 32.1. The molecule has 3 heterocycles. The van der Waals surface area contributed by atoms with Gasteiger partial charge in [-0.3, -0.25) is 4.79 Å². The van der Waals surface area contributed by atoms with Crippen LogP contribution in [0.4, 0.5) is 5.13 Å².